The molecule has 0 unspecified atom stereocenters. The highest BCUT2D eigenvalue weighted by Gasteiger charge is 2.23. The molecule has 1 saturated carbocycles. The Morgan fingerprint density at radius 3 is 3.11 bits per heavy atom. The van der Waals surface area contributed by atoms with Crippen molar-refractivity contribution in [1.82, 2.24) is 9.97 Å². The SMILES string of the molecule is Fc1cnc(OCc2cccs2)nc1NC1CC1. The second kappa shape index (κ2) is 4.89. The molecule has 2 heterocycles. The van der Waals surface area contributed by atoms with Gasteiger partial charge in [-0.05, 0) is 24.3 Å². The van der Waals surface area contributed by atoms with E-state index in [1.54, 1.807) is 11.3 Å². The first-order valence-electron chi connectivity index (χ1n) is 5.75. The number of hydrogen-bond acceptors (Lipinski definition) is 5. The Labute approximate surface area is 108 Å². The Balaban J connectivity index is 1.67. The molecule has 18 heavy (non-hydrogen) atoms. The number of nitrogens with one attached hydrogen (secondary N) is 1. The fourth-order valence-electron chi connectivity index (χ4n) is 1.47. The van der Waals surface area contributed by atoms with Gasteiger partial charge in [0.2, 0.25) is 0 Å². The Hall–Kier alpha value is -1.69. The molecule has 0 aliphatic heterocycles. The van der Waals surface area contributed by atoms with Crippen LogP contribution in [0.5, 0.6) is 6.01 Å². The highest BCUT2D eigenvalue weighted by molar-refractivity contribution is 7.09. The second-order valence-corrected chi connectivity index (χ2v) is 5.17. The fourth-order valence-corrected chi connectivity index (χ4v) is 2.09. The van der Waals surface area contributed by atoms with Crippen LogP contribution in [-0.2, 0) is 6.61 Å². The summed E-state index contributed by atoms with van der Waals surface area (Å²) in [4.78, 5) is 8.94. The third kappa shape index (κ3) is 2.76. The van der Waals surface area contributed by atoms with Crippen LogP contribution in [0.4, 0.5) is 10.2 Å². The van der Waals surface area contributed by atoms with Crippen molar-refractivity contribution in [1.29, 1.82) is 0 Å². The van der Waals surface area contributed by atoms with Crippen molar-refractivity contribution < 1.29 is 9.13 Å². The number of nitrogens with zero attached hydrogens (tertiary/aromatic N) is 2. The molecule has 1 fully saturated rings. The van der Waals surface area contributed by atoms with Gasteiger partial charge in [0.15, 0.2) is 11.6 Å². The summed E-state index contributed by atoms with van der Waals surface area (Å²) >= 11 is 1.60. The van der Waals surface area contributed by atoms with Crippen LogP contribution in [0.25, 0.3) is 0 Å². The minimum absolute atomic E-state index is 0.202. The largest absolute Gasteiger partial charge is 0.458 e. The second-order valence-electron chi connectivity index (χ2n) is 4.14. The van der Waals surface area contributed by atoms with Crippen LogP contribution < -0.4 is 10.1 Å². The molecular formula is C12H12FN3OS. The summed E-state index contributed by atoms with van der Waals surface area (Å²) in [5.74, 6) is -0.209. The molecule has 2 aromatic rings. The van der Waals surface area contributed by atoms with Crippen LogP contribution in [0.1, 0.15) is 17.7 Å². The van der Waals surface area contributed by atoms with Crippen molar-refractivity contribution in [2.45, 2.75) is 25.5 Å². The Bertz CT molecular complexity index is 528. The van der Waals surface area contributed by atoms with Gasteiger partial charge in [-0.15, -0.1) is 11.3 Å². The number of halogens is 1. The minimum Gasteiger partial charge on any atom is -0.458 e. The van der Waals surface area contributed by atoms with Gasteiger partial charge in [0, 0.05) is 10.9 Å². The average Bonchev–Trinajstić information content (AvgIpc) is 3.03. The van der Waals surface area contributed by atoms with Gasteiger partial charge >= 0.3 is 6.01 Å². The van der Waals surface area contributed by atoms with E-state index in [0.717, 1.165) is 23.9 Å². The van der Waals surface area contributed by atoms with Crippen LogP contribution in [0.15, 0.2) is 23.7 Å². The molecule has 1 N–H and O–H groups in total. The standard InChI is InChI=1S/C12H12FN3OS/c13-10-6-14-12(16-11(10)15-8-3-4-8)17-7-9-2-1-5-18-9/h1-2,5-6,8H,3-4,7H2,(H,14,15,16). The van der Waals surface area contributed by atoms with Crippen molar-refractivity contribution in [2.75, 3.05) is 5.32 Å². The zero-order chi connectivity index (χ0) is 12.4. The van der Waals surface area contributed by atoms with Crippen molar-refractivity contribution in [3.05, 3.63) is 34.4 Å². The van der Waals surface area contributed by atoms with Crippen molar-refractivity contribution in [3.63, 3.8) is 0 Å². The summed E-state index contributed by atoms with van der Waals surface area (Å²) in [6.45, 7) is 0.409. The maximum Gasteiger partial charge on any atom is 0.318 e. The van der Waals surface area contributed by atoms with Crippen LogP contribution >= 0.6 is 11.3 Å². The zero-order valence-electron chi connectivity index (χ0n) is 9.60. The number of aromatic nitrogens is 2. The van der Waals surface area contributed by atoms with E-state index in [1.807, 2.05) is 17.5 Å². The summed E-state index contributed by atoms with van der Waals surface area (Å²) in [6.07, 6.45) is 3.27. The van der Waals surface area contributed by atoms with Gasteiger partial charge in [0.1, 0.15) is 6.61 Å². The molecule has 4 nitrogen and oxygen atoms in total. The monoisotopic (exact) mass is 265 g/mol. The van der Waals surface area contributed by atoms with Crippen LogP contribution in [0.3, 0.4) is 0 Å². The summed E-state index contributed by atoms with van der Waals surface area (Å²) in [5, 5.41) is 4.99. The van der Waals surface area contributed by atoms with E-state index >= 15 is 0 Å². The van der Waals surface area contributed by atoms with Crippen LogP contribution in [-0.4, -0.2) is 16.0 Å². The Morgan fingerprint density at radius 2 is 2.39 bits per heavy atom. The predicted octanol–water partition coefficient (Wildman–Crippen LogP) is 2.83. The zero-order valence-corrected chi connectivity index (χ0v) is 10.4. The molecule has 0 radical (unpaired) electrons. The van der Waals surface area contributed by atoms with Crippen molar-refractivity contribution >= 4 is 17.2 Å². The molecule has 3 rings (SSSR count). The van der Waals surface area contributed by atoms with Gasteiger partial charge in [-0.1, -0.05) is 6.07 Å². The van der Waals surface area contributed by atoms with E-state index in [1.165, 1.54) is 0 Å². The molecule has 0 bridgehead atoms. The molecule has 2 aromatic heterocycles. The van der Waals surface area contributed by atoms with Gasteiger partial charge in [0.25, 0.3) is 0 Å². The van der Waals surface area contributed by atoms with Gasteiger partial charge < -0.3 is 10.1 Å². The lowest BCUT2D eigenvalue weighted by molar-refractivity contribution is 0.283. The molecule has 0 amide bonds. The van der Waals surface area contributed by atoms with Gasteiger partial charge in [-0.2, -0.15) is 4.98 Å². The number of hydrogen-bond donors (Lipinski definition) is 1. The van der Waals surface area contributed by atoms with E-state index < -0.39 is 5.82 Å². The van der Waals surface area contributed by atoms with Gasteiger partial charge in [-0.25, -0.2) is 9.37 Å². The minimum atomic E-state index is -0.439. The fraction of sp³-hybridized carbons (Fsp3) is 0.333. The molecule has 0 saturated heterocycles. The third-order valence-corrected chi connectivity index (χ3v) is 3.41. The van der Waals surface area contributed by atoms with Crippen LogP contribution in [0, 0.1) is 5.82 Å². The highest BCUT2D eigenvalue weighted by atomic mass is 32.1. The van der Waals surface area contributed by atoms with E-state index in [2.05, 4.69) is 15.3 Å². The first-order valence-corrected chi connectivity index (χ1v) is 6.63. The Morgan fingerprint density at radius 1 is 1.50 bits per heavy atom. The predicted molar refractivity (Wildman–Crippen MR) is 67.3 cm³/mol. The molecule has 1 aliphatic carbocycles. The number of anilines is 1. The van der Waals surface area contributed by atoms with Crippen molar-refractivity contribution in [2.24, 2.45) is 0 Å². The highest BCUT2D eigenvalue weighted by Crippen LogP contribution is 2.25. The lowest BCUT2D eigenvalue weighted by atomic mass is 10.5. The Kier molecular flexibility index (Phi) is 3.10. The molecule has 0 atom stereocenters. The molecule has 0 spiro atoms. The summed E-state index contributed by atoms with van der Waals surface area (Å²) in [7, 11) is 0. The maximum atomic E-state index is 13.4. The number of rotatable bonds is 5. The summed E-state index contributed by atoms with van der Waals surface area (Å²) in [5.41, 5.74) is 0. The van der Waals surface area contributed by atoms with Gasteiger partial charge in [0.05, 0.1) is 6.20 Å². The summed E-state index contributed by atoms with van der Waals surface area (Å²) < 4.78 is 18.9. The van der Waals surface area contributed by atoms with E-state index in [4.69, 9.17) is 4.74 Å². The third-order valence-electron chi connectivity index (χ3n) is 2.56. The molecule has 0 aromatic carbocycles. The van der Waals surface area contributed by atoms with Crippen LogP contribution in [0.2, 0.25) is 0 Å². The molecule has 6 heteroatoms. The van der Waals surface area contributed by atoms with E-state index in [-0.39, 0.29) is 11.8 Å². The maximum absolute atomic E-state index is 13.4. The average molecular weight is 265 g/mol. The lowest BCUT2D eigenvalue weighted by Crippen LogP contribution is -2.08. The molecule has 94 valence electrons. The quantitative estimate of drug-likeness (QED) is 0.903. The van der Waals surface area contributed by atoms with E-state index in [9.17, 15) is 4.39 Å². The normalized spacial score (nSPS) is 14.5. The smallest absolute Gasteiger partial charge is 0.318 e. The lowest BCUT2D eigenvalue weighted by Gasteiger charge is -2.07. The topological polar surface area (TPSA) is 47.0 Å². The first kappa shape index (κ1) is 11.4. The van der Waals surface area contributed by atoms with E-state index in [0.29, 0.717) is 12.6 Å². The van der Waals surface area contributed by atoms with Gasteiger partial charge in [-0.3, -0.25) is 0 Å². The molecule has 1 aliphatic rings. The van der Waals surface area contributed by atoms with Crippen molar-refractivity contribution in [3.8, 4) is 6.01 Å². The molecular weight excluding hydrogens is 253 g/mol. The number of ether oxygens (including phenoxy) is 1. The summed E-state index contributed by atoms with van der Waals surface area (Å²) in [6, 6.07) is 4.47. The number of thiophene rings is 1. The first-order chi connectivity index (χ1) is 8.81.